The molecule has 1 amide bonds. The van der Waals surface area contributed by atoms with Gasteiger partial charge in [-0.15, -0.1) is 0 Å². The molecular formula is C10H9BrN4O2. The number of hydrogen-bond acceptors (Lipinski definition) is 5. The van der Waals surface area contributed by atoms with E-state index in [1.165, 1.54) is 6.20 Å². The van der Waals surface area contributed by atoms with Gasteiger partial charge >= 0.3 is 0 Å². The van der Waals surface area contributed by atoms with E-state index in [0.717, 1.165) is 0 Å². The van der Waals surface area contributed by atoms with E-state index < -0.39 is 0 Å². The number of pyridine rings is 1. The Labute approximate surface area is 105 Å². The van der Waals surface area contributed by atoms with Crippen LogP contribution in [0, 0.1) is 6.92 Å². The van der Waals surface area contributed by atoms with E-state index in [1.807, 2.05) is 0 Å². The van der Waals surface area contributed by atoms with Crippen LogP contribution in [0.4, 0.5) is 11.5 Å². The number of anilines is 2. The smallest absolute Gasteiger partial charge is 0.279 e. The van der Waals surface area contributed by atoms with E-state index in [1.54, 1.807) is 19.1 Å². The molecule has 0 unspecified atom stereocenters. The first kappa shape index (κ1) is 11.6. The number of aryl methyl sites for hydroxylation is 1. The Bertz CT molecular complexity index is 567. The van der Waals surface area contributed by atoms with Crippen molar-refractivity contribution in [3.8, 4) is 0 Å². The highest BCUT2D eigenvalue weighted by Gasteiger charge is 2.13. The van der Waals surface area contributed by atoms with Gasteiger partial charge in [0.05, 0.1) is 16.4 Å². The van der Waals surface area contributed by atoms with Crippen LogP contribution >= 0.6 is 15.9 Å². The summed E-state index contributed by atoms with van der Waals surface area (Å²) >= 11 is 3.25. The van der Waals surface area contributed by atoms with Crippen molar-refractivity contribution < 1.29 is 9.32 Å². The van der Waals surface area contributed by atoms with E-state index in [2.05, 4.69) is 31.4 Å². The quantitative estimate of drug-likeness (QED) is 0.883. The highest BCUT2D eigenvalue weighted by atomic mass is 79.9. The van der Waals surface area contributed by atoms with E-state index in [-0.39, 0.29) is 11.6 Å². The maximum Gasteiger partial charge on any atom is 0.279 e. The van der Waals surface area contributed by atoms with Gasteiger partial charge in [0.25, 0.3) is 5.91 Å². The highest BCUT2D eigenvalue weighted by molar-refractivity contribution is 9.10. The molecule has 0 bridgehead atoms. The Balaban J connectivity index is 2.18. The van der Waals surface area contributed by atoms with Crippen molar-refractivity contribution >= 4 is 33.3 Å². The molecule has 0 spiro atoms. The summed E-state index contributed by atoms with van der Waals surface area (Å²) in [6.07, 6.45) is 1.45. The average molecular weight is 297 g/mol. The third-order valence-electron chi connectivity index (χ3n) is 1.95. The SMILES string of the molecule is Cc1cc(C(=O)Nc2ncc(N)cc2Br)no1. The van der Waals surface area contributed by atoms with Gasteiger partial charge in [-0.1, -0.05) is 5.16 Å². The Morgan fingerprint density at radius 2 is 2.29 bits per heavy atom. The lowest BCUT2D eigenvalue weighted by atomic mass is 10.3. The largest absolute Gasteiger partial charge is 0.397 e. The summed E-state index contributed by atoms with van der Waals surface area (Å²) in [5.41, 5.74) is 6.25. The van der Waals surface area contributed by atoms with Gasteiger partial charge in [-0.2, -0.15) is 0 Å². The summed E-state index contributed by atoms with van der Waals surface area (Å²) in [6, 6.07) is 3.19. The van der Waals surface area contributed by atoms with Crippen LogP contribution in [0.25, 0.3) is 0 Å². The summed E-state index contributed by atoms with van der Waals surface area (Å²) in [4.78, 5) is 15.7. The zero-order valence-corrected chi connectivity index (χ0v) is 10.5. The molecule has 0 atom stereocenters. The van der Waals surface area contributed by atoms with Crippen LogP contribution in [0.15, 0.2) is 27.3 Å². The number of aromatic nitrogens is 2. The lowest BCUT2D eigenvalue weighted by Crippen LogP contribution is -2.13. The standard InChI is InChI=1S/C10H9BrN4O2/c1-5-2-8(15-17-5)10(16)14-9-7(11)3-6(12)4-13-9/h2-4H,12H2,1H3,(H,13,14,16). The van der Waals surface area contributed by atoms with E-state index in [9.17, 15) is 4.79 Å². The molecule has 88 valence electrons. The minimum atomic E-state index is -0.389. The van der Waals surface area contributed by atoms with E-state index >= 15 is 0 Å². The molecule has 2 rings (SSSR count). The summed E-state index contributed by atoms with van der Waals surface area (Å²) in [7, 11) is 0. The first-order valence-electron chi connectivity index (χ1n) is 4.72. The molecule has 2 heterocycles. The van der Waals surface area contributed by atoms with Gasteiger partial charge in [-0.25, -0.2) is 4.98 Å². The maximum absolute atomic E-state index is 11.7. The van der Waals surface area contributed by atoms with Gasteiger partial charge in [-0.3, -0.25) is 4.79 Å². The molecule has 0 aromatic carbocycles. The van der Waals surface area contributed by atoms with Crippen molar-refractivity contribution in [2.75, 3.05) is 11.1 Å². The molecule has 0 radical (unpaired) electrons. The number of halogens is 1. The number of rotatable bonds is 2. The fraction of sp³-hybridized carbons (Fsp3) is 0.100. The molecule has 0 aliphatic rings. The molecular weight excluding hydrogens is 288 g/mol. The van der Waals surface area contributed by atoms with Gasteiger partial charge in [0.15, 0.2) is 5.69 Å². The monoisotopic (exact) mass is 296 g/mol. The van der Waals surface area contributed by atoms with Crippen molar-refractivity contribution in [3.05, 3.63) is 34.3 Å². The second-order valence-electron chi connectivity index (χ2n) is 3.38. The first-order chi connectivity index (χ1) is 8.06. The number of carbonyl (C=O) groups excluding carboxylic acids is 1. The Morgan fingerprint density at radius 3 is 2.88 bits per heavy atom. The predicted octanol–water partition coefficient (Wildman–Crippen LogP) is 1.98. The van der Waals surface area contributed by atoms with E-state index in [4.69, 9.17) is 10.3 Å². The molecule has 0 saturated heterocycles. The zero-order valence-electron chi connectivity index (χ0n) is 8.90. The van der Waals surface area contributed by atoms with Gasteiger partial charge in [0, 0.05) is 6.07 Å². The predicted molar refractivity (Wildman–Crippen MR) is 65.5 cm³/mol. The summed E-state index contributed by atoms with van der Waals surface area (Å²) in [5, 5.41) is 6.20. The van der Waals surface area contributed by atoms with Crippen molar-refractivity contribution in [3.63, 3.8) is 0 Å². The average Bonchev–Trinajstić information content (AvgIpc) is 2.69. The van der Waals surface area contributed by atoms with Gasteiger partial charge in [0.1, 0.15) is 11.6 Å². The Kier molecular flexibility index (Phi) is 3.10. The van der Waals surface area contributed by atoms with Crippen LogP contribution in [-0.4, -0.2) is 16.0 Å². The van der Waals surface area contributed by atoms with Crippen LogP contribution in [0.2, 0.25) is 0 Å². The van der Waals surface area contributed by atoms with Crippen LogP contribution in [-0.2, 0) is 0 Å². The number of nitrogen functional groups attached to an aromatic ring is 1. The number of nitrogens with two attached hydrogens (primary N) is 1. The molecule has 17 heavy (non-hydrogen) atoms. The lowest BCUT2D eigenvalue weighted by molar-refractivity contribution is 0.101. The molecule has 2 aromatic heterocycles. The fourth-order valence-corrected chi connectivity index (χ4v) is 1.66. The molecule has 2 aromatic rings. The highest BCUT2D eigenvalue weighted by Crippen LogP contribution is 2.22. The van der Waals surface area contributed by atoms with E-state index in [0.29, 0.717) is 21.7 Å². The third kappa shape index (κ3) is 2.62. The van der Waals surface area contributed by atoms with Crippen LogP contribution in [0.3, 0.4) is 0 Å². The molecule has 0 aliphatic carbocycles. The minimum absolute atomic E-state index is 0.202. The second kappa shape index (κ2) is 4.54. The number of nitrogens with zero attached hydrogens (tertiary/aromatic N) is 2. The summed E-state index contributed by atoms with van der Waals surface area (Å²) in [6.45, 7) is 1.71. The van der Waals surface area contributed by atoms with Crippen LogP contribution in [0.1, 0.15) is 16.2 Å². The molecule has 0 saturated carbocycles. The second-order valence-corrected chi connectivity index (χ2v) is 4.23. The minimum Gasteiger partial charge on any atom is -0.397 e. The number of carbonyl (C=O) groups is 1. The molecule has 0 aliphatic heterocycles. The van der Waals surface area contributed by atoms with Crippen molar-refractivity contribution in [1.82, 2.24) is 10.1 Å². The third-order valence-corrected chi connectivity index (χ3v) is 2.56. The summed E-state index contributed by atoms with van der Waals surface area (Å²) in [5.74, 6) is 0.559. The van der Waals surface area contributed by atoms with Gasteiger partial charge in [-0.05, 0) is 28.9 Å². The number of nitrogens with one attached hydrogen (secondary N) is 1. The van der Waals surface area contributed by atoms with Gasteiger partial charge in [0.2, 0.25) is 0 Å². The van der Waals surface area contributed by atoms with Crippen molar-refractivity contribution in [2.24, 2.45) is 0 Å². The maximum atomic E-state index is 11.7. The Morgan fingerprint density at radius 1 is 1.53 bits per heavy atom. The number of amides is 1. The zero-order chi connectivity index (χ0) is 12.4. The molecule has 0 fully saturated rings. The lowest BCUT2D eigenvalue weighted by Gasteiger charge is -2.04. The van der Waals surface area contributed by atoms with Crippen molar-refractivity contribution in [2.45, 2.75) is 6.92 Å². The fourth-order valence-electron chi connectivity index (χ4n) is 1.19. The molecule has 7 heteroatoms. The summed E-state index contributed by atoms with van der Waals surface area (Å²) < 4.78 is 5.41. The topological polar surface area (TPSA) is 94.0 Å². The first-order valence-corrected chi connectivity index (χ1v) is 5.51. The van der Waals surface area contributed by atoms with Crippen LogP contribution < -0.4 is 11.1 Å². The van der Waals surface area contributed by atoms with Crippen molar-refractivity contribution in [1.29, 1.82) is 0 Å². The van der Waals surface area contributed by atoms with Gasteiger partial charge < -0.3 is 15.6 Å². The molecule has 3 N–H and O–H groups in total. The molecule has 6 nitrogen and oxygen atoms in total. The Hall–Kier alpha value is -1.89. The van der Waals surface area contributed by atoms with Crippen LogP contribution in [0.5, 0.6) is 0 Å². The normalized spacial score (nSPS) is 10.2. The number of hydrogen-bond donors (Lipinski definition) is 2.